The molecule has 4 aliphatic rings. The lowest BCUT2D eigenvalue weighted by Gasteiger charge is -2.21. The monoisotopic (exact) mass is 1050 g/mol. The second-order valence-electron chi connectivity index (χ2n) is 17.8. The molecule has 0 saturated carbocycles. The van der Waals surface area contributed by atoms with Crippen molar-refractivity contribution in [2.45, 2.75) is 13.5 Å². The topological polar surface area (TPSA) is 249 Å². The summed E-state index contributed by atoms with van der Waals surface area (Å²) < 4.78 is 12.6. The van der Waals surface area contributed by atoms with Gasteiger partial charge < -0.3 is 44.8 Å². The summed E-state index contributed by atoms with van der Waals surface area (Å²) in [5, 5.41) is 48.8. The van der Waals surface area contributed by atoms with Gasteiger partial charge in [-0.15, -0.1) is 0 Å². The molecule has 16 nitrogen and oxygen atoms in total. The predicted octanol–water partition coefficient (Wildman–Crippen LogP) is 11.5. The Hall–Kier alpha value is -9.51. The van der Waals surface area contributed by atoms with Gasteiger partial charge in [0.25, 0.3) is 11.8 Å². The fraction of sp³-hybridized carbons (Fsp3) is 0.0862. The van der Waals surface area contributed by atoms with Crippen LogP contribution in [-0.2, 0) is 6.54 Å². The maximum absolute atomic E-state index is 14.2. The molecule has 2 aliphatic heterocycles. The van der Waals surface area contributed by atoms with E-state index in [1.165, 1.54) is 54.6 Å². The number of hydrogen-bond donors (Lipinski definition) is 6. The number of aromatic carboxylic acids is 3. The van der Waals surface area contributed by atoms with Crippen molar-refractivity contribution >= 4 is 97.0 Å². The molecule has 0 radical (unpaired) electrons. The Morgan fingerprint density at radius 3 is 2.09 bits per heavy atom. The van der Waals surface area contributed by atoms with Gasteiger partial charge in [-0.1, -0.05) is 47.5 Å². The number of phenolic OH excluding ortho intramolecular Hbond substituents is 1. The Balaban J connectivity index is 0.961. The Morgan fingerprint density at radius 2 is 1.36 bits per heavy atom. The molecule has 6 N–H and O–H groups in total. The highest BCUT2D eigenvalue weighted by atomic mass is 35.5. The molecule has 0 spiro atoms. The summed E-state index contributed by atoms with van der Waals surface area (Å²) in [5.41, 5.74) is 1.76. The third-order valence-electron chi connectivity index (χ3n) is 13.0. The number of carboxylic acids is 3. The molecule has 18 heteroatoms. The van der Waals surface area contributed by atoms with E-state index >= 15 is 0 Å². The highest BCUT2D eigenvalue weighted by molar-refractivity contribution is 6.42. The lowest BCUT2D eigenvalue weighted by atomic mass is 9.88. The average molecular weight is 1060 g/mol. The number of carbonyl (C=O) groups excluding carboxylic acids is 2. The second-order valence-corrected chi connectivity index (χ2v) is 18.6. The summed E-state index contributed by atoms with van der Waals surface area (Å²) in [4.78, 5) is 85.7. The van der Waals surface area contributed by atoms with Gasteiger partial charge in [-0.05, 0) is 103 Å². The van der Waals surface area contributed by atoms with E-state index < -0.39 is 40.7 Å². The average Bonchev–Trinajstić information content (AvgIpc) is 3.40. The van der Waals surface area contributed by atoms with Gasteiger partial charge in [0, 0.05) is 99.8 Å². The van der Waals surface area contributed by atoms with Crippen LogP contribution in [0, 0.1) is 0 Å². The van der Waals surface area contributed by atoms with E-state index in [1.807, 2.05) is 44.1 Å². The molecule has 0 aromatic heterocycles. The molecule has 0 atom stereocenters. The molecular formula is C58H40Cl2N4O12. The van der Waals surface area contributed by atoms with Gasteiger partial charge in [-0.2, -0.15) is 0 Å². The lowest BCUT2D eigenvalue weighted by molar-refractivity contribution is 0.0682. The number of nitrogens with zero attached hydrogens (tertiary/aromatic N) is 2. The van der Waals surface area contributed by atoms with Crippen LogP contribution in [0.1, 0.15) is 64.3 Å². The molecule has 2 amide bonds. The number of hydrogen-bond acceptors (Lipinski definition) is 11. The maximum atomic E-state index is 14.2. The number of carbonyl (C=O) groups is 5. The second kappa shape index (κ2) is 19.7. The van der Waals surface area contributed by atoms with Crippen LogP contribution in [0.25, 0.3) is 77.6 Å². The van der Waals surface area contributed by atoms with Crippen LogP contribution in [0.15, 0.2) is 146 Å². The summed E-state index contributed by atoms with van der Waals surface area (Å²) in [6.45, 7) is 2.06. The molecule has 6 aromatic carbocycles. The van der Waals surface area contributed by atoms with Crippen molar-refractivity contribution in [2.24, 2.45) is 4.99 Å². The largest absolute Gasteiger partial charge is 0.508 e. The summed E-state index contributed by atoms with van der Waals surface area (Å²) in [5.74, 6) is -5.34. The first-order valence-electron chi connectivity index (χ1n) is 23.3. The predicted molar refractivity (Wildman–Crippen MR) is 289 cm³/mol. The number of halogens is 2. The molecule has 0 fully saturated rings. The highest BCUT2D eigenvalue weighted by Crippen LogP contribution is 2.48. The molecule has 0 unspecified atom stereocenters. The van der Waals surface area contributed by atoms with E-state index in [0.717, 1.165) is 11.8 Å². The van der Waals surface area contributed by atoms with E-state index in [2.05, 4.69) is 15.6 Å². The van der Waals surface area contributed by atoms with Gasteiger partial charge in [0.05, 0.1) is 49.8 Å². The van der Waals surface area contributed by atoms with Crippen molar-refractivity contribution < 1.29 is 53.2 Å². The summed E-state index contributed by atoms with van der Waals surface area (Å²) in [6, 6.07) is 32.3. The zero-order valence-electron chi connectivity index (χ0n) is 40.2. The van der Waals surface area contributed by atoms with E-state index in [-0.39, 0.29) is 83.8 Å². The minimum atomic E-state index is -1.43. The van der Waals surface area contributed by atoms with Crippen LogP contribution in [0.3, 0.4) is 0 Å². The SMILES string of the molecule is CCN=c1ccc2c(-c3c(Cl)cc(C(=O)Nc4cccc5cc(C(=O)NCc6c7oc8cc(O)ccc8c(-c8ccc(C(=O)O)cc8C(=O)O)c-7ccc6=O)ccc45)c(Cl)c3C(=O)O)c3ccc(N(C)C)cc3oc-2c1. The molecule has 378 valence electrons. The minimum Gasteiger partial charge on any atom is -0.508 e. The smallest absolute Gasteiger partial charge is 0.337 e. The number of carboxylic acid groups (broad SMARTS) is 3. The van der Waals surface area contributed by atoms with E-state index in [0.29, 0.717) is 61.6 Å². The fourth-order valence-corrected chi connectivity index (χ4v) is 10.1. The van der Waals surface area contributed by atoms with Gasteiger partial charge in [0.1, 0.15) is 28.4 Å². The number of anilines is 2. The normalized spacial score (nSPS) is 11.7. The molecule has 76 heavy (non-hydrogen) atoms. The van der Waals surface area contributed by atoms with Crippen molar-refractivity contribution in [1.82, 2.24) is 5.32 Å². The van der Waals surface area contributed by atoms with E-state index in [4.69, 9.17) is 32.0 Å². The van der Waals surface area contributed by atoms with Crippen molar-refractivity contribution in [2.75, 3.05) is 30.9 Å². The maximum Gasteiger partial charge on any atom is 0.337 e. The number of fused-ring (bicyclic) bond motifs is 5. The minimum absolute atomic E-state index is 0.00285. The van der Waals surface area contributed by atoms with Gasteiger partial charge in [-0.3, -0.25) is 19.4 Å². The molecule has 2 heterocycles. The molecule has 10 rings (SSSR count). The first kappa shape index (κ1) is 50.0. The number of aromatic hydroxyl groups is 1. The first-order chi connectivity index (χ1) is 36.4. The summed E-state index contributed by atoms with van der Waals surface area (Å²) >= 11 is 14.0. The quantitative estimate of drug-likeness (QED) is 0.0624. The van der Waals surface area contributed by atoms with Crippen LogP contribution in [0.5, 0.6) is 5.75 Å². The Labute approximate surface area is 440 Å². The lowest BCUT2D eigenvalue weighted by Crippen LogP contribution is -2.26. The highest BCUT2D eigenvalue weighted by Gasteiger charge is 2.31. The van der Waals surface area contributed by atoms with E-state index in [1.54, 1.807) is 48.5 Å². The number of rotatable bonds is 12. The number of benzene rings is 8. The third-order valence-corrected chi connectivity index (χ3v) is 13.7. The van der Waals surface area contributed by atoms with Gasteiger partial charge in [0.15, 0.2) is 5.43 Å². The molecule has 0 saturated heterocycles. The standard InChI is InChI=1S/C58H40Cl2N4O12/c1-4-61-30-10-15-36-45(22-30)75-46-23-31(64(2)3)11-16-37(46)49(36)50-42(59)25-40(52(60)51(50)58(73)74)55(68)63-43-7-5-6-27-20-28(8-13-33(27)43)54(67)62-26-41-44(66)19-18-38-48(35-17-12-32(65)24-47(35)76-53(38)41)34-14-9-29(56(69)70)21-39(34)57(71)72/h5-25,65H,4,26H2,1-3H3,(H,62,67)(H,63,68)(H,69,70)(H,71,72)(H,73,74). The summed E-state index contributed by atoms with van der Waals surface area (Å²) in [7, 11) is 3.76. The van der Waals surface area contributed by atoms with Crippen LogP contribution < -0.4 is 26.3 Å². The van der Waals surface area contributed by atoms with Gasteiger partial charge in [0.2, 0.25) is 0 Å². The Bertz CT molecular complexity index is 4220. The number of phenols is 1. The third kappa shape index (κ3) is 8.94. The number of nitrogens with one attached hydrogen (secondary N) is 2. The van der Waals surface area contributed by atoms with Crippen LogP contribution >= 0.6 is 23.2 Å². The van der Waals surface area contributed by atoms with Gasteiger partial charge >= 0.3 is 17.9 Å². The zero-order chi connectivity index (χ0) is 53.9. The van der Waals surface area contributed by atoms with Crippen molar-refractivity contribution in [1.29, 1.82) is 0 Å². The zero-order valence-corrected chi connectivity index (χ0v) is 41.8. The Kier molecular flexibility index (Phi) is 13.0. The van der Waals surface area contributed by atoms with Crippen LogP contribution in [0.4, 0.5) is 11.4 Å². The molecule has 0 bridgehead atoms. The van der Waals surface area contributed by atoms with E-state index in [9.17, 15) is 49.2 Å². The van der Waals surface area contributed by atoms with Crippen LogP contribution in [-0.4, -0.2) is 70.8 Å². The summed E-state index contributed by atoms with van der Waals surface area (Å²) in [6.07, 6.45) is 0. The van der Waals surface area contributed by atoms with Crippen molar-refractivity contribution in [3.8, 4) is 50.7 Å². The van der Waals surface area contributed by atoms with Crippen molar-refractivity contribution in [3.63, 3.8) is 0 Å². The molecule has 2 aliphatic carbocycles. The molecular weight excluding hydrogens is 1020 g/mol. The number of amides is 2. The van der Waals surface area contributed by atoms with Crippen molar-refractivity contribution in [3.05, 3.63) is 186 Å². The van der Waals surface area contributed by atoms with Crippen LogP contribution in [0.2, 0.25) is 10.0 Å². The Morgan fingerprint density at radius 1 is 0.645 bits per heavy atom. The fourth-order valence-electron chi connectivity index (χ4n) is 9.44. The first-order valence-corrected chi connectivity index (χ1v) is 24.1. The molecule has 6 aromatic rings. The van der Waals surface area contributed by atoms with Gasteiger partial charge in [-0.25, -0.2) is 14.4 Å².